The molecule has 2 aliphatic heterocycles. The Hall–Kier alpha value is -2.05. The Balaban J connectivity index is 1.40. The number of piperidine rings is 2. The van der Waals surface area contributed by atoms with Gasteiger partial charge in [-0.2, -0.15) is 0 Å². The van der Waals surface area contributed by atoms with Gasteiger partial charge in [0.25, 0.3) is 0 Å². The van der Waals surface area contributed by atoms with Crippen molar-refractivity contribution in [3.63, 3.8) is 0 Å². The number of hydrogen-bond donors (Lipinski definition) is 0. The van der Waals surface area contributed by atoms with Crippen molar-refractivity contribution in [3.05, 3.63) is 12.4 Å². The molecular formula is C19H30N4O3. The molecule has 0 spiro atoms. The topological polar surface area (TPSA) is 67.8 Å². The number of amides is 1. The van der Waals surface area contributed by atoms with Crippen LogP contribution in [0.15, 0.2) is 12.4 Å². The van der Waals surface area contributed by atoms with Crippen LogP contribution < -0.4 is 9.64 Å². The van der Waals surface area contributed by atoms with Crippen LogP contribution in [0, 0.1) is 5.92 Å². The first-order valence-electron chi connectivity index (χ1n) is 9.77. The molecule has 0 N–H and O–H groups in total. The highest BCUT2D eigenvalue weighted by Crippen LogP contribution is 2.21. The zero-order valence-corrected chi connectivity index (χ0v) is 15.9. The molecule has 2 saturated heterocycles. The van der Waals surface area contributed by atoms with Crippen molar-refractivity contribution in [3.8, 4) is 6.01 Å². The summed E-state index contributed by atoms with van der Waals surface area (Å²) in [5.41, 5.74) is 1.08. The third-order valence-electron chi connectivity index (χ3n) is 4.99. The molecule has 3 heterocycles. The van der Waals surface area contributed by atoms with Crippen molar-refractivity contribution < 1.29 is 14.3 Å². The quantitative estimate of drug-likeness (QED) is 0.802. The minimum absolute atomic E-state index is 0.0754. The smallest absolute Gasteiger partial charge is 0.410 e. The lowest BCUT2D eigenvalue weighted by Crippen LogP contribution is -2.40. The SMILES string of the molecule is CC(C)OC(=O)N1CCC(COc2ncc(N3CCCCC3)cn2)CC1. The van der Waals surface area contributed by atoms with E-state index in [0.29, 0.717) is 31.6 Å². The number of nitrogens with zero attached hydrogens (tertiary/aromatic N) is 4. The first-order valence-corrected chi connectivity index (χ1v) is 9.77. The van der Waals surface area contributed by atoms with E-state index in [4.69, 9.17) is 9.47 Å². The van der Waals surface area contributed by atoms with Crippen LogP contribution in [0.2, 0.25) is 0 Å². The molecule has 0 atom stereocenters. The molecule has 0 bridgehead atoms. The molecular weight excluding hydrogens is 332 g/mol. The second-order valence-electron chi connectivity index (χ2n) is 7.45. The summed E-state index contributed by atoms with van der Waals surface area (Å²) in [6.07, 6.45) is 9.05. The molecule has 0 radical (unpaired) electrons. The molecule has 7 nitrogen and oxygen atoms in total. The average molecular weight is 362 g/mol. The molecule has 0 aromatic carbocycles. The van der Waals surface area contributed by atoms with Crippen molar-refractivity contribution in [2.24, 2.45) is 5.92 Å². The minimum atomic E-state index is -0.212. The number of ether oxygens (including phenoxy) is 2. The molecule has 1 amide bonds. The predicted octanol–water partition coefficient (Wildman–Crippen LogP) is 3.10. The summed E-state index contributed by atoms with van der Waals surface area (Å²) in [5, 5.41) is 0. The normalized spacial score (nSPS) is 18.9. The van der Waals surface area contributed by atoms with Gasteiger partial charge in [-0.3, -0.25) is 0 Å². The van der Waals surface area contributed by atoms with Crippen molar-refractivity contribution in [2.75, 3.05) is 37.7 Å². The fraction of sp³-hybridized carbons (Fsp3) is 0.737. The largest absolute Gasteiger partial charge is 0.463 e. The molecule has 26 heavy (non-hydrogen) atoms. The Morgan fingerprint density at radius 2 is 1.77 bits per heavy atom. The third-order valence-corrected chi connectivity index (χ3v) is 4.99. The first-order chi connectivity index (χ1) is 12.6. The van der Waals surface area contributed by atoms with Crippen molar-refractivity contribution >= 4 is 11.8 Å². The van der Waals surface area contributed by atoms with Crippen molar-refractivity contribution in [1.29, 1.82) is 0 Å². The third kappa shape index (κ3) is 5.22. The maximum absolute atomic E-state index is 11.9. The van der Waals surface area contributed by atoms with Crippen LogP contribution in [0.1, 0.15) is 46.0 Å². The average Bonchev–Trinajstić information content (AvgIpc) is 2.67. The second-order valence-corrected chi connectivity index (χ2v) is 7.45. The molecule has 0 saturated carbocycles. The second kappa shape index (κ2) is 9.05. The van der Waals surface area contributed by atoms with E-state index in [1.807, 2.05) is 26.2 Å². The highest BCUT2D eigenvalue weighted by Gasteiger charge is 2.25. The summed E-state index contributed by atoms with van der Waals surface area (Å²) < 4.78 is 11.0. The van der Waals surface area contributed by atoms with Crippen molar-refractivity contribution in [1.82, 2.24) is 14.9 Å². The molecule has 1 aromatic heterocycles. The van der Waals surface area contributed by atoms with Gasteiger partial charge in [-0.15, -0.1) is 0 Å². The Bertz CT molecular complexity index is 565. The number of hydrogen-bond acceptors (Lipinski definition) is 6. The van der Waals surface area contributed by atoms with Crippen LogP contribution in [-0.2, 0) is 4.74 Å². The number of aromatic nitrogens is 2. The molecule has 2 aliphatic rings. The van der Waals surface area contributed by atoms with Gasteiger partial charge in [0, 0.05) is 26.2 Å². The van der Waals surface area contributed by atoms with Crippen LogP contribution in [-0.4, -0.2) is 59.9 Å². The predicted molar refractivity (Wildman–Crippen MR) is 99.5 cm³/mol. The molecule has 0 aliphatic carbocycles. The van der Waals surface area contributed by atoms with E-state index in [1.165, 1.54) is 19.3 Å². The van der Waals surface area contributed by atoms with Crippen LogP contribution in [0.5, 0.6) is 6.01 Å². The van der Waals surface area contributed by atoms with E-state index in [1.54, 1.807) is 4.90 Å². The van der Waals surface area contributed by atoms with E-state index in [2.05, 4.69) is 14.9 Å². The maximum atomic E-state index is 11.9. The summed E-state index contributed by atoms with van der Waals surface area (Å²) in [6, 6.07) is 0.437. The number of likely N-dealkylation sites (tertiary alicyclic amines) is 1. The van der Waals surface area contributed by atoms with Gasteiger partial charge in [0.2, 0.25) is 0 Å². The molecule has 2 fully saturated rings. The minimum Gasteiger partial charge on any atom is -0.463 e. The van der Waals surface area contributed by atoms with E-state index in [-0.39, 0.29) is 12.2 Å². The Kier molecular flexibility index (Phi) is 6.52. The van der Waals surface area contributed by atoms with Gasteiger partial charge in [0.1, 0.15) is 0 Å². The zero-order chi connectivity index (χ0) is 18.4. The van der Waals surface area contributed by atoms with Gasteiger partial charge >= 0.3 is 12.1 Å². The highest BCUT2D eigenvalue weighted by atomic mass is 16.6. The van der Waals surface area contributed by atoms with Gasteiger partial charge < -0.3 is 19.3 Å². The van der Waals surface area contributed by atoms with Crippen LogP contribution in [0.25, 0.3) is 0 Å². The fourth-order valence-corrected chi connectivity index (χ4v) is 3.45. The van der Waals surface area contributed by atoms with Gasteiger partial charge in [-0.05, 0) is 51.9 Å². The molecule has 3 rings (SSSR count). The number of carbonyl (C=O) groups is 1. The summed E-state index contributed by atoms with van der Waals surface area (Å²) >= 11 is 0. The standard InChI is InChI=1S/C19H30N4O3/c1-15(2)26-19(24)23-10-6-16(7-11-23)14-25-18-20-12-17(13-21-18)22-8-4-3-5-9-22/h12-13,15-16H,3-11,14H2,1-2H3. The summed E-state index contributed by atoms with van der Waals surface area (Å²) in [4.78, 5) is 24.7. The van der Waals surface area contributed by atoms with Gasteiger partial charge in [-0.25, -0.2) is 14.8 Å². The zero-order valence-electron chi connectivity index (χ0n) is 15.9. The summed E-state index contributed by atoms with van der Waals surface area (Å²) in [7, 11) is 0. The molecule has 1 aromatic rings. The van der Waals surface area contributed by atoms with Crippen LogP contribution >= 0.6 is 0 Å². The van der Waals surface area contributed by atoms with Crippen LogP contribution in [0.3, 0.4) is 0 Å². The number of anilines is 1. The van der Waals surface area contributed by atoms with Gasteiger partial charge in [-0.1, -0.05) is 0 Å². The monoisotopic (exact) mass is 362 g/mol. The molecule has 7 heteroatoms. The highest BCUT2D eigenvalue weighted by molar-refractivity contribution is 5.67. The molecule has 144 valence electrons. The lowest BCUT2D eigenvalue weighted by atomic mass is 9.98. The van der Waals surface area contributed by atoms with Crippen LogP contribution in [0.4, 0.5) is 10.5 Å². The van der Waals surface area contributed by atoms with E-state index in [0.717, 1.165) is 31.6 Å². The molecule has 0 unspecified atom stereocenters. The van der Waals surface area contributed by atoms with E-state index in [9.17, 15) is 4.79 Å². The van der Waals surface area contributed by atoms with E-state index >= 15 is 0 Å². The Morgan fingerprint density at radius 1 is 1.12 bits per heavy atom. The van der Waals surface area contributed by atoms with E-state index < -0.39 is 0 Å². The lowest BCUT2D eigenvalue weighted by Gasteiger charge is -2.31. The van der Waals surface area contributed by atoms with Crippen molar-refractivity contribution in [2.45, 2.75) is 52.1 Å². The summed E-state index contributed by atoms with van der Waals surface area (Å²) in [5.74, 6) is 0.420. The number of rotatable bonds is 5. The van der Waals surface area contributed by atoms with Gasteiger partial charge in [0.15, 0.2) is 0 Å². The Morgan fingerprint density at radius 3 is 2.38 bits per heavy atom. The fourth-order valence-electron chi connectivity index (χ4n) is 3.45. The lowest BCUT2D eigenvalue weighted by molar-refractivity contribution is 0.0603. The van der Waals surface area contributed by atoms with Gasteiger partial charge in [0.05, 0.1) is 30.8 Å². The number of carbonyl (C=O) groups excluding carboxylic acids is 1. The first kappa shape index (κ1) is 18.7. The summed E-state index contributed by atoms with van der Waals surface area (Å²) in [6.45, 7) is 7.94. The maximum Gasteiger partial charge on any atom is 0.410 e. The Labute approximate surface area is 155 Å².